The van der Waals surface area contributed by atoms with Crippen LogP contribution in [-0.4, -0.2) is 37.3 Å². The van der Waals surface area contributed by atoms with Gasteiger partial charge in [0, 0.05) is 17.0 Å². The van der Waals surface area contributed by atoms with Crippen molar-refractivity contribution in [3.05, 3.63) is 29.3 Å². The van der Waals surface area contributed by atoms with Crippen LogP contribution in [0.5, 0.6) is 0 Å². The number of thioether (sulfide) groups is 1. The number of hydrogen-bond acceptors (Lipinski definition) is 4. The summed E-state index contributed by atoms with van der Waals surface area (Å²) in [4.78, 5) is 13.7. The van der Waals surface area contributed by atoms with Crippen molar-refractivity contribution in [1.82, 2.24) is 5.32 Å². The highest BCUT2D eigenvalue weighted by atomic mass is 32.2. The zero-order valence-corrected chi connectivity index (χ0v) is 11.1. The van der Waals surface area contributed by atoms with Crippen LogP contribution in [0.1, 0.15) is 22.3 Å². The second-order valence-electron chi connectivity index (χ2n) is 4.72. The Morgan fingerprint density at radius 1 is 1.44 bits per heavy atom. The topological polar surface area (TPSA) is 38.3 Å². The van der Waals surface area contributed by atoms with E-state index in [4.69, 9.17) is 4.74 Å². The summed E-state index contributed by atoms with van der Waals surface area (Å²) in [5, 5.41) is 3.22. The third-order valence-electron chi connectivity index (χ3n) is 3.43. The molecule has 1 N–H and O–H groups in total. The van der Waals surface area contributed by atoms with Crippen molar-refractivity contribution in [2.45, 2.75) is 23.8 Å². The molecule has 0 amide bonds. The molecule has 1 saturated heterocycles. The van der Waals surface area contributed by atoms with Crippen molar-refractivity contribution in [1.29, 1.82) is 0 Å². The average Bonchev–Trinajstić information content (AvgIpc) is 2.47. The first kappa shape index (κ1) is 12.2. The normalized spacial score (nSPS) is 23.4. The molecule has 1 aromatic carbocycles. The molecular weight excluding hydrogens is 246 g/mol. The van der Waals surface area contributed by atoms with Crippen LogP contribution >= 0.6 is 11.8 Å². The Morgan fingerprint density at radius 2 is 2.39 bits per heavy atom. The van der Waals surface area contributed by atoms with Gasteiger partial charge in [-0.25, -0.2) is 0 Å². The molecule has 18 heavy (non-hydrogen) atoms. The van der Waals surface area contributed by atoms with E-state index in [-0.39, 0.29) is 11.8 Å². The highest BCUT2D eigenvalue weighted by Gasteiger charge is 2.23. The molecule has 1 atom stereocenters. The summed E-state index contributed by atoms with van der Waals surface area (Å²) in [5.41, 5.74) is 2.15. The fourth-order valence-corrected chi connectivity index (χ4v) is 3.47. The Balaban J connectivity index is 1.80. The van der Waals surface area contributed by atoms with Gasteiger partial charge in [0.25, 0.3) is 0 Å². The molecular formula is C14H17NO2S. The molecule has 0 aliphatic carbocycles. The quantitative estimate of drug-likeness (QED) is 0.827. The number of carbonyl (C=O) groups is 1. The molecule has 0 saturated carbocycles. The minimum absolute atomic E-state index is 0.160. The summed E-state index contributed by atoms with van der Waals surface area (Å²) in [6, 6.07) is 5.94. The fraction of sp³-hybridized carbons (Fsp3) is 0.500. The number of fused-ring (bicyclic) bond motifs is 1. The molecule has 0 radical (unpaired) electrons. The molecule has 3 rings (SSSR count). The third-order valence-corrected chi connectivity index (χ3v) is 4.63. The Morgan fingerprint density at radius 3 is 3.22 bits per heavy atom. The van der Waals surface area contributed by atoms with Crippen LogP contribution < -0.4 is 5.32 Å². The van der Waals surface area contributed by atoms with Crippen LogP contribution in [0.15, 0.2) is 23.1 Å². The van der Waals surface area contributed by atoms with Gasteiger partial charge < -0.3 is 10.1 Å². The van der Waals surface area contributed by atoms with Gasteiger partial charge >= 0.3 is 0 Å². The lowest BCUT2D eigenvalue weighted by Gasteiger charge is -2.23. The van der Waals surface area contributed by atoms with E-state index < -0.39 is 0 Å². The van der Waals surface area contributed by atoms with Gasteiger partial charge in [-0.15, -0.1) is 11.8 Å². The van der Waals surface area contributed by atoms with E-state index in [1.807, 2.05) is 17.8 Å². The van der Waals surface area contributed by atoms with Gasteiger partial charge in [-0.1, -0.05) is 6.07 Å². The van der Waals surface area contributed by atoms with Crippen LogP contribution in [-0.2, 0) is 11.2 Å². The molecule has 3 nitrogen and oxygen atoms in total. The average molecular weight is 263 g/mol. The highest BCUT2D eigenvalue weighted by molar-refractivity contribution is 7.99. The van der Waals surface area contributed by atoms with E-state index in [1.54, 1.807) is 0 Å². The number of morpholine rings is 1. The molecule has 1 aromatic rings. The van der Waals surface area contributed by atoms with Crippen LogP contribution in [0.2, 0.25) is 0 Å². The number of Topliss-reactive ketones (excluding diaryl/α,β-unsaturated/α-hetero) is 1. The van der Waals surface area contributed by atoms with Gasteiger partial charge in [0.1, 0.15) is 0 Å². The zero-order valence-electron chi connectivity index (χ0n) is 10.3. The van der Waals surface area contributed by atoms with Crippen molar-refractivity contribution in [2.24, 2.45) is 0 Å². The molecule has 4 heteroatoms. The molecule has 2 aliphatic heterocycles. The Hall–Kier alpha value is -0.840. The second kappa shape index (κ2) is 5.43. The number of ketones is 1. The van der Waals surface area contributed by atoms with Gasteiger partial charge in [-0.3, -0.25) is 4.79 Å². The van der Waals surface area contributed by atoms with Crippen molar-refractivity contribution in [3.8, 4) is 0 Å². The maximum absolute atomic E-state index is 12.3. The number of aryl methyl sites for hydroxylation is 1. The molecule has 0 bridgehead atoms. The van der Waals surface area contributed by atoms with E-state index >= 15 is 0 Å². The summed E-state index contributed by atoms with van der Waals surface area (Å²) in [5.74, 6) is 1.35. The van der Waals surface area contributed by atoms with Gasteiger partial charge in [-0.2, -0.15) is 0 Å². The Kier molecular flexibility index (Phi) is 3.68. The van der Waals surface area contributed by atoms with Gasteiger partial charge in [0.2, 0.25) is 0 Å². The molecule has 0 spiro atoms. The maximum Gasteiger partial charge on any atom is 0.182 e. The molecule has 2 aliphatic rings. The minimum Gasteiger partial charge on any atom is -0.378 e. The lowest BCUT2D eigenvalue weighted by Crippen LogP contribution is -2.46. The summed E-state index contributed by atoms with van der Waals surface area (Å²) in [7, 11) is 0. The largest absolute Gasteiger partial charge is 0.378 e. The number of carbonyl (C=O) groups excluding carboxylic acids is 1. The summed E-state index contributed by atoms with van der Waals surface area (Å²) in [6.45, 7) is 1.95. The minimum atomic E-state index is -0.173. The Bertz CT molecular complexity index is 455. The smallest absolute Gasteiger partial charge is 0.182 e. The van der Waals surface area contributed by atoms with Gasteiger partial charge in [0.15, 0.2) is 5.78 Å². The van der Waals surface area contributed by atoms with E-state index in [2.05, 4.69) is 17.4 Å². The number of rotatable bonds is 2. The summed E-state index contributed by atoms with van der Waals surface area (Å²) < 4.78 is 5.35. The van der Waals surface area contributed by atoms with Gasteiger partial charge in [0.05, 0.1) is 19.3 Å². The SMILES string of the molecule is O=C(c1ccc2c(c1)CCCS2)C1COCCN1. The van der Waals surface area contributed by atoms with E-state index in [1.165, 1.54) is 22.6 Å². The lowest BCUT2D eigenvalue weighted by atomic mass is 10.00. The van der Waals surface area contributed by atoms with Crippen molar-refractivity contribution in [3.63, 3.8) is 0 Å². The van der Waals surface area contributed by atoms with Crippen LogP contribution in [0.3, 0.4) is 0 Å². The molecule has 2 heterocycles. The first-order chi connectivity index (χ1) is 8.84. The predicted octanol–water partition coefficient (Wildman–Crippen LogP) is 1.90. The summed E-state index contributed by atoms with van der Waals surface area (Å²) >= 11 is 1.89. The standard InChI is InChI=1S/C14H17NO2S/c16-14(12-9-17-6-5-15-12)11-3-4-13-10(8-11)2-1-7-18-13/h3-4,8,12,15H,1-2,5-7,9H2. The maximum atomic E-state index is 12.3. The lowest BCUT2D eigenvalue weighted by molar-refractivity contribution is 0.0607. The Labute approximate surface area is 111 Å². The van der Waals surface area contributed by atoms with Crippen LogP contribution in [0, 0.1) is 0 Å². The number of nitrogens with one attached hydrogen (secondary N) is 1. The second-order valence-corrected chi connectivity index (χ2v) is 5.86. The van der Waals surface area contributed by atoms with Crippen molar-refractivity contribution >= 4 is 17.5 Å². The molecule has 1 unspecified atom stereocenters. The first-order valence-electron chi connectivity index (χ1n) is 6.46. The van der Waals surface area contributed by atoms with Crippen molar-refractivity contribution in [2.75, 3.05) is 25.5 Å². The predicted molar refractivity (Wildman–Crippen MR) is 72.4 cm³/mol. The fourth-order valence-electron chi connectivity index (χ4n) is 2.45. The van der Waals surface area contributed by atoms with Crippen LogP contribution in [0.4, 0.5) is 0 Å². The highest BCUT2D eigenvalue weighted by Crippen LogP contribution is 2.30. The number of benzene rings is 1. The first-order valence-corrected chi connectivity index (χ1v) is 7.44. The zero-order chi connectivity index (χ0) is 12.4. The van der Waals surface area contributed by atoms with E-state index in [0.717, 1.165) is 18.5 Å². The van der Waals surface area contributed by atoms with Crippen molar-refractivity contribution < 1.29 is 9.53 Å². The van der Waals surface area contributed by atoms with E-state index in [0.29, 0.717) is 13.2 Å². The molecule has 1 fully saturated rings. The number of hydrogen-bond donors (Lipinski definition) is 1. The van der Waals surface area contributed by atoms with Gasteiger partial charge in [-0.05, 0) is 36.3 Å². The van der Waals surface area contributed by atoms with Crippen LogP contribution in [0.25, 0.3) is 0 Å². The third kappa shape index (κ3) is 2.46. The summed E-state index contributed by atoms with van der Waals surface area (Å²) in [6.07, 6.45) is 2.30. The molecule has 96 valence electrons. The molecule has 0 aromatic heterocycles. The monoisotopic (exact) mass is 263 g/mol. The number of ether oxygens (including phenoxy) is 1. The van der Waals surface area contributed by atoms with E-state index in [9.17, 15) is 4.79 Å².